The van der Waals surface area contributed by atoms with Gasteiger partial charge < -0.3 is 15.1 Å². The molecule has 20 heavy (non-hydrogen) atoms. The van der Waals surface area contributed by atoms with E-state index in [1.807, 2.05) is 13.0 Å². The minimum Gasteiger partial charge on any atom is -0.469 e. The number of nitrogens with zero attached hydrogens (tertiary/aromatic N) is 3. The van der Waals surface area contributed by atoms with Gasteiger partial charge in [-0.15, -0.1) is 0 Å². The van der Waals surface area contributed by atoms with E-state index in [0.29, 0.717) is 6.42 Å². The van der Waals surface area contributed by atoms with Gasteiger partial charge in [0.25, 0.3) is 0 Å². The third kappa shape index (κ3) is 3.02. The van der Waals surface area contributed by atoms with Gasteiger partial charge in [-0.05, 0) is 19.1 Å². The van der Waals surface area contributed by atoms with Crippen molar-refractivity contribution in [1.82, 2.24) is 9.97 Å². The zero-order chi connectivity index (χ0) is 14.5. The summed E-state index contributed by atoms with van der Waals surface area (Å²) in [6.45, 7) is 1.90. The van der Waals surface area contributed by atoms with E-state index >= 15 is 0 Å². The van der Waals surface area contributed by atoms with E-state index in [4.69, 9.17) is 4.42 Å². The van der Waals surface area contributed by atoms with Crippen molar-refractivity contribution in [3.05, 3.63) is 40.6 Å². The average Bonchev–Trinajstić information content (AvgIpc) is 2.90. The number of aromatic nitrogens is 2. The van der Waals surface area contributed by atoms with Gasteiger partial charge in [0.05, 0.1) is 11.2 Å². The highest BCUT2D eigenvalue weighted by Gasteiger charge is 2.23. The molecule has 0 aliphatic rings. The molecule has 2 aromatic heterocycles. The number of rotatable bonds is 6. The molecule has 0 bridgehead atoms. The van der Waals surface area contributed by atoms with E-state index in [2.05, 4.69) is 20.6 Å². The number of furan rings is 1. The Morgan fingerprint density at radius 2 is 2.20 bits per heavy atom. The molecule has 2 rings (SSSR count). The number of nitrogens with one attached hydrogen (secondary N) is 2. The Hall–Kier alpha value is -2.64. The van der Waals surface area contributed by atoms with E-state index in [1.54, 1.807) is 19.4 Å². The standard InChI is InChI=1S/C12H15N5O3/c1-8(6-9-4-3-5-20-9)16-12-10(17(18)19)11(13-2)14-7-15-12/h3-5,7-8H,6H2,1-2H3,(H2,13,14,15,16). The summed E-state index contributed by atoms with van der Waals surface area (Å²) in [5, 5.41) is 16.8. The summed E-state index contributed by atoms with van der Waals surface area (Å²) in [6, 6.07) is 3.58. The van der Waals surface area contributed by atoms with Crippen molar-refractivity contribution in [3.8, 4) is 0 Å². The van der Waals surface area contributed by atoms with Gasteiger partial charge in [0.15, 0.2) is 0 Å². The molecule has 0 fully saturated rings. The Labute approximate surface area is 115 Å². The summed E-state index contributed by atoms with van der Waals surface area (Å²) >= 11 is 0. The van der Waals surface area contributed by atoms with Gasteiger partial charge in [0.2, 0.25) is 11.6 Å². The minimum absolute atomic E-state index is 0.0699. The molecule has 1 atom stereocenters. The Bertz CT molecular complexity index is 585. The fourth-order valence-corrected chi connectivity index (χ4v) is 1.86. The normalized spacial score (nSPS) is 11.9. The largest absolute Gasteiger partial charge is 0.469 e. The molecule has 0 saturated heterocycles. The maximum atomic E-state index is 11.1. The fraction of sp³-hybridized carbons (Fsp3) is 0.333. The van der Waals surface area contributed by atoms with Crippen LogP contribution in [0.5, 0.6) is 0 Å². The second kappa shape index (κ2) is 6.00. The molecule has 8 heteroatoms. The summed E-state index contributed by atoms with van der Waals surface area (Å²) < 4.78 is 5.25. The molecule has 0 radical (unpaired) electrons. The molecule has 2 heterocycles. The van der Waals surface area contributed by atoms with Crippen LogP contribution in [-0.4, -0.2) is 28.0 Å². The monoisotopic (exact) mass is 277 g/mol. The average molecular weight is 277 g/mol. The Balaban J connectivity index is 2.18. The molecule has 0 aliphatic heterocycles. The van der Waals surface area contributed by atoms with E-state index in [1.165, 1.54) is 6.33 Å². The summed E-state index contributed by atoms with van der Waals surface area (Å²) in [5.74, 6) is 1.17. The van der Waals surface area contributed by atoms with Crippen molar-refractivity contribution in [2.75, 3.05) is 17.7 Å². The molecule has 2 N–H and O–H groups in total. The third-order valence-corrected chi connectivity index (χ3v) is 2.71. The lowest BCUT2D eigenvalue weighted by atomic mass is 10.2. The van der Waals surface area contributed by atoms with Crippen LogP contribution in [0.15, 0.2) is 29.1 Å². The van der Waals surface area contributed by atoms with Crippen molar-refractivity contribution in [2.45, 2.75) is 19.4 Å². The third-order valence-electron chi connectivity index (χ3n) is 2.71. The van der Waals surface area contributed by atoms with Gasteiger partial charge in [-0.1, -0.05) is 0 Å². The molecule has 1 unspecified atom stereocenters. The highest BCUT2D eigenvalue weighted by atomic mass is 16.6. The first-order valence-electron chi connectivity index (χ1n) is 6.08. The van der Waals surface area contributed by atoms with Gasteiger partial charge in [0.1, 0.15) is 12.1 Å². The van der Waals surface area contributed by atoms with Crippen molar-refractivity contribution in [3.63, 3.8) is 0 Å². The van der Waals surface area contributed by atoms with Crippen LogP contribution >= 0.6 is 0 Å². The van der Waals surface area contributed by atoms with Gasteiger partial charge in [-0.2, -0.15) is 0 Å². The molecule has 0 amide bonds. The van der Waals surface area contributed by atoms with Crippen LogP contribution in [0.2, 0.25) is 0 Å². The van der Waals surface area contributed by atoms with E-state index in [0.717, 1.165) is 5.76 Å². The smallest absolute Gasteiger partial charge is 0.353 e. The number of nitro groups is 1. The lowest BCUT2D eigenvalue weighted by Gasteiger charge is -2.13. The maximum Gasteiger partial charge on any atom is 0.353 e. The van der Waals surface area contributed by atoms with E-state index < -0.39 is 4.92 Å². The highest BCUT2D eigenvalue weighted by molar-refractivity contribution is 5.69. The van der Waals surface area contributed by atoms with Crippen LogP contribution < -0.4 is 10.6 Å². The lowest BCUT2D eigenvalue weighted by Crippen LogP contribution is -2.20. The Kier molecular flexibility index (Phi) is 4.14. The van der Waals surface area contributed by atoms with Crippen LogP contribution in [0.3, 0.4) is 0 Å². The SMILES string of the molecule is CNc1ncnc(NC(C)Cc2ccco2)c1[N+](=O)[O-]. The number of anilines is 2. The molecule has 8 nitrogen and oxygen atoms in total. The topological polar surface area (TPSA) is 106 Å². The van der Waals surface area contributed by atoms with Gasteiger partial charge in [-0.3, -0.25) is 10.1 Å². The zero-order valence-corrected chi connectivity index (χ0v) is 11.2. The molecule has 0 spiro atoms. The molecule has 2 aromatic rings. The molecular weight excluding hydrogens is 262 g/mol. The lowest BCUT2D eigenvalue weighted by molar-refractivity contribution is -0.383. The van der Waals surface area contributed by atoms with E-state index in [-0.39, 0.29) is 23.4 Å². The van der Waals surface area contributed by atoms with Crippen molar-refractivity contribution in [2.24, 2.45) is 0 Å². The number of hydrogen-bond acceptors (Lipinski definition) is 7. The predicted molar refractivity (Wildman–Crippen MR) is 73.7 cm³/mol. The second-order valence-electron chi connectivity index (χ2n) is 4.26. The van der Waals surface area contributed by atoms with Crippen LogP contribution in [0.25, 0.3) is 0 Å². The molecule has 0 aromatic carbocycles. The van der Waals surface area contributed by atoms with Crippen molar-refractivity contribution in [1.29, 1.82) is 0 Å². The Morgan fingerprint density at radius 3 is 2.80 bits per heavy atom. The maximum absolute atomic E-state index is 11.1. The van der Waals surface area contributed by atoms with Gasteiger partial charge >= 0.3 is 5.69 Å². The number of hydrogen-bond donors (Lipinski definition) is 2. The quantitative estimate of drug-likeness (QED) is 0.614. The highest BCUT2D eigenvalue weighted by Crippen LogP contribution is 2.29. The van der Waals surface area contributed by atoms with Gasteiger partial charge in [-0.25, -0.2) is 9.97 Å². The van der Waals surface area contributed by atoms with Gasteiger partial charge in [0, 0.05) is 19.5 Å². The fourth-order valence-electron chi connectivity index (χ4n) is 1.86. The first kappa shape index (κ1) is 13.8. The van der Waals surface area contributed by atoms with Crippen LogP contribution in [0.1, 0.15) is 12.7 Å². The molecule has 106 valence electrons. The van der Waals surface area contributed by atoms with Crippen LogP contribution in [-0.2, 0) is 6.42 Å². The summed E-state index contributed by atoms with van der Waals surface area (Å²) in [4.78, 5) is 18.4. The van der Waals surface area contributed by atoms with Crippen molar-refractivity contribution < 1.29 is 9.34 Å². The minimum atomic E-state index is -0.506. The Morgan fingerprint density at radius 1 is 1.45 bits per heavy atom. The molecule has 0 aliphatic carbocycles. The second-order valence-corrected chi connectivity index (χ2v) is 4.26. The summed E-state index contributed by atoms with van der Waals surface area (Å²) in [5.41, 5.74) is -0.165. The van der Waals surface area contributed by atoms with Crippen LogP contribution in [0.4, 0.5) is 17.3 Å². The zero-order valence-electron chi connectivity index (χ0n) is 11.2. The van der Waals surface area contributed by atoms with Crippen molar-refractivity contribution >= 4 is 17.3 Å². The first-order chi connectivity index (χ1) is 9.61. The predicted octanol–water partition coefficient (Wildman–Crippen LogP) is 2.06. The molecular formula is C12H15N5O3. The van der Waals surface area contributed by atoms with Crippen LogP contribution in [0, 0.1) is 10.1 Å². The molecule has 0 saturated carbocycles. The summed E-state index contributed by atoms with van der Waals surface area (Å²) in [6.07, 6.45) is 3.47. The summed E-state index contributed by atoms with van der Waals surface area (Å²) in [7, 11) is 1.57. The van der Waals surface area contributed by atoms with E-state index in [9.17, 15) is 10.1 Å². The first-order valence-corrected chi connectivity index (χ1v) is 6.08.